The summed E-state index contributed by atoms with van der Waals surface area (Å²) in [4.78, 5) is 9.73. The summed E-state index contributed by atoms with van der Waals surface area (Å²) in [7, 11) is 0. The molecule has 0 aromatic heterocycles. The summed E-state index contributed by atoms with van der Waals surface area (Å²) in [6.45, 7) is 0. The van der Waals surface area contributed by atoms with E-state index in [1.807, 2.05) is 0 Å². The van der Waals surface area contributed by atoms with Crippen molar-refractivity contribution >= 4 is 6.29 Å². The molecular weight excluding hydrogens is 164 g/mol. The molecule has 1 rings (SSSR count). The van der Waals surface area contributed by atoms with Crippen LogP contribution in [0.2, 0.25) is 0 Å². The molecule has 1 fully saturated rings. The van der Waals surface area contributed by atoms with Gasteiger partial charge in [-0.05, 0) is 0 Å². The molecule has 1 nitrogen and oxygen atoms in total. The van der Waals surface area contributed by atoms with E-state index >= 15 is 0 Å². The summed E-state index contributed by atoms with van der Waals surface area (Å²) in [5.41, 5.74) is 0. The number of carbonyl (C=O) groups excluding carboxylic acids is 1. The van der Waals surface area contributed by atoms with Crippen molar-refractivity contribution in [1.29, 1.82) is 0 Å². The zero-order chi connectivity index (χ0) is 8.70. The lowest BCUT2D eigenvalue weighted by atomic mass is 9.75. The van der Waals surface area contributed by atoms with Gasteiger partial charge in [-0.1, -0.05) is 0 Å². The first-order chi connectivity index (χ1) is 4.92. The van der Waals surface area contributed by atoms with Crippen LogP contribution in [0.1, 0.15) is 12.8 Å². The minimum Gasteiger partial charge on any atom is -0.303 e. The maximum absolute atomic E-state index is 12.3. The lowest BCUT2D eigenvalue weighted by Crippen LogP contribution is -2.58. The predicted octanol–water partition coefficient (Wildman–Crippen LogP) is 1.87. The number of aldehydes is 1. The van der Waals surface area contributed by atoms with Crippen LogP contribution >= 0.6 is 0 Å². The molecule has 0 aromatic carbocycles. The van der Waals surface area contributed by atoms with Gasteiger partial charge in [-0.2, -0.15) is 17.6 Å². The molecule has 0 aromatic rings. The summed E-state index contributed by atoms with van der Waals surface area (Å²) in [6.07, 6.45) is -1.12. The van der Waals surface area contributed by atoms with E-state index in [1.165, 1.54) is 0 Å². The maximum atomic E-state index is 12.3. The first kappa shape index (κ1) is 8.49. The summed E-state index contributed by atoms with van der Waals surface area (Å²) in [5, 5.41) is 0. The molecule has 0 amide bonds. The largest absolute Gasteiger partial charge is 0.313 e. The Balaban J connectivity index is 2.61. The molecule has 0 saturated heterocycles. The highest BCUT2D eigenvalue weighted by Crippen LogP contribution is 2.56. The van der Waals surface area contributed by atoms with Crippen molar-refractivity contribution in [3.63, 3.8) is 0 Å². The Hall–Kier alpha value is -0.610. The molecule has 0 radical (unpaired) electrons. The molecule has 0 heterocycles. The molecule has 0 aliphatic heterocycles. The van der Waals surface area contributed by atoms with E-state index in [1.54, 1.807) is 0 Å². The van der Waals surface area contributed by atoms with Crippen LogP contribution in [0.4, 0.5) is 17.6 Å². The topological polar surface area (TPSA) is 17.1 Å². The zero-order valence-electron chi connectivity index (χ0n) is 5.49. The normalized spacial score (nSPS) is 32.5. The van der Waals surface area contributed by atoms with Crippen LogP contribution in [0.5, 0.6) is 0 Å². The fraction of sp³-hybridized carbons (Fsp3) is 0.833. The SMILES string of the molecule is O=CCC1CC(F)(F)C1(F)F. The molecule has 1 unspecified atom stereocenters. The number of carbonyl (C=O) groups is 1. The second-order valence-electron chi connectivity index (χ2n) is 2.63. The van der Waals surface area contributed by atoms with Gasteiger partial charge in [-0.25, -0.2) is 0 Å². The van der Waals surface area contributed by atoms with Gasteiger partial charge in [0.2, 0.25) is 0 Å². The predicted molar refractivity (Wildman–Crippen MR) is 28.7 cm³/mol. The van der Waals surface area contributed by atoms with Crippen molar-refractivity contribution in [1.82, 2.24) is 0 Å². The van der Waals surface area contributed by atoms with Gasteiger partial charge in [0.25, 0.3) is 0 Å². The van der Waals surface area contributed by atoms with Gasteiger partial charge in [0.15, 0.2) is 0 Å². The van der Waals surface area contributed by atoms with Crippen molar-refractivity contribution in [2.45, 2.75) is 24.7 Å². The van der Waals surface area contributed by atoms with E-state index < -0.39 is 30.6 Å². The third kappa shape index (κ3) is 1.02. The third-order valence-electron chi connectivity index (χ3n) is 1.88. The maximum Gasteiger partial charge on any atom is 0.313 e. The van der Waals surface area contributed by atoms with E-state index in [9.17, 15) is 22.4 Å². The Kier molecular flexibility index (Phi) is 1.69. The van der Waals surface area contributed by atoms with Crippen LogP contribution < -0.4 is 0 Å². The lowest BCUT2D eigenvalue weighted by molar-refractivity contribution is -0.312. The number of hydrogen-bond acceptors (Lipinski definition) is 1. The number of rotatable bonds is 2. The molecule has 11 heavy (non-hydrogen) atoms. The van der Waals surface area contributed by atoms with E-state index in [2.05, 4.69) is 0 Å². The highest BCUT2D eigenvalue weighted by molar-refractivity contribution is 5.50. The highest BCUT2D eigenvalue weighted by Gasteiger charge is 2.70. The average molecular weight is 170 g/mol. The van der Waals surface area contributed by atoms with Crippen molar-refractivity contribution in [3.8, 4) is 0 Å². The van der Waals surface area contributed by atoms with Crippen LogP contribution in [-0.4, -0.2) is 18.1 Å². The molecule has 5 heteroatoms. The molecule has 1 saturated carbocycles. The van der Waals surface area contributed by atoms with Crippen molar-refractivity contribution < 1.29 is 22.4 Å². The summed E-state index contributed by atoms with van der Waals surface area (Å²) < 4.78 is 48.6. The molecule has 0 spiro atoms. The Bertz CT molecular complexity index is 177. The van der Waals surface area contributed by atoms with Crippen molar-refractivity contribution in [3.05, 3.63) is 0 Å². The molecule has 1 aliphatic carbocycles. The fourth-order valence-electron chi connectivity index (χ4n) is 1.09. The van der Waals surface area contributed by atoms with Gasteiger partial charge in [0, 0.05) is 18.8 Å². The number of halogens is 4. The minimum absolute atomic E-state index is 0.244. The Morgan fingerprint density at radius 3 is 2.18 bits per heavy atom. The van der Waals surface area contributed by atoms with Gasteiger partial charge < -0.3 is 4.79 Å². The van der Waals surface area contributed by atoms with Gasteiger partial charge in [-0.3, -0.25) is 0 Å². The Labute approximate surface area is 60.4 Å². The van der Waals surface area contributed by atoms with E-state index in [4.69, 9.17) is 0 Å². The molecule has 1 aliphatic rings. The third-order valence-corrected chi connectivity index (χ3v) is 1.88. The molecule has 0 N–H and O–H groups in total. The summed E-state index contributed by atoms with van der Waals surface area (Å²) >= 11 is 0. The van der Waals surface area contributed by atoms with E-state index in [-0.39, 0.29) is 6.29 Å². The molecule has 64 valence electrons. The quantitative estimate of drug-likeness (QED) is 0.456. The lowest BCUT2D eigenvalue weighted by Gasteiger charge is -2.42. The van der Waals surface area contributed by atoms with E-state index in [0.717, 1.165) is 0 Å². The summed E-state index contributed by atoms with van der Waals surface area (Å²) in [6, 6.07) is 0. The fourth-order valence-corrected chi connectivity index (χ4v) is 1.09. The summed E-state index contributed by atoms with van der Waals surface area (Å²) in [5.74, 6) is -9.34. The van der Waals surface area contributed by atoms with Crippen LogP contribution in [0.25, 0.3) is 0 Å². The van der Waals surface area contributed by atoms with Gasteiger partial charge in [-0.15, -0.1) is 0 Å². The standard InChI is InChI=1S/C6H6F4O/c7-5(8)3-4(1-2-11)6(5,9)10/h2,4H,1,3H2. The van der Waals surface area contributed by atoms with Crippen molar-refractivity contribution in [2.24, 2.45) is 5.92 Å². The van der Waals surface area contributed by atoms with Crippen molar-refractivity contribution in [2.75, 3.05) is 0 Å². The second kappa shape index (κ2) is 2.19. The molecule has 0 bridgehead atoms. The Morgan fingerprint density at radius 2 is 1.91 bits per heavy atom. The Morgan fingerprint density at radius 1 is 1.36 bits per heavy atom. The van der Waals surface area contributed by atoms with Gasteiger partial charge in [0.05, 0.1) is 0 Å². The second-order valence-corrected chi connectivity index (χ2v) is 2.63. The molecule has 1 atom stereocenters. The molecular formula is C6H6F4O. The first-order valence-electron chi connectivity index (χ1n) is 3.11. The van der Waals surface area contributed by atoms with Crippen LogP contribution in [-0.2, 0) is 4.79 Å². The monoisotopic (exact) mass is 170 g/mol. The van der Waals surface area contributed by atoms with Crippen LogP contribution in [0, 0.1) is 5.92 Å². The zero-order valence-corrected chi connectivity index (χ0v) is 5.49. The number of alkyl halides is 4. The smallest absolute Gasteiger partial charge is 0.303 e. The van der Waals surface area contributed by atoms with Crippen LogP contribution in [0.3, 0.4) is 0 Å². The van der Waals surface area contributed by atoms with Gasteiger partial charge >= 0.3 is 11.8 Å². The van der Waals surface area contributed by atoms with E-state index in [0.29, 0.717) is 0 Å². The van der Waals surface area contributed by atoms with Gasteiger partial charge in [0.1, 0.15) is 6.29 Å². The minimum atomic E-state index is -3.98. The number of hydrogen-bond donors (Lipinski definition) is 0. The van der Waals surface area contributed by atoms with Crippen LogP contribution in [0.15, 0.2) is 0 Å². The average Bonchev–Trinajstić information content (AvgIpc) is 1.87. The first-order valence-corrected chi connectivity index (χ1v) is 3.11. The highest BCUT2D eigenvalue weighted by atomic mass is 19.3.